The summed E-state index contributed by atoms with van der Waals surface area (Å²) in [5.74, 6) is -1.50. The Bertz CT molecular complexity index is 2720. The van der Waals surface area contributed by atoms with E-state index in [0.717, 1.165) is 61.4 Å². The summed E-state index contributed by atoms with van der Waals surface area (Å²) in [7, 11) is 0. The number of thiocarbonyl (C=S) groups is 1. The van der Waals surface area contributed by atoms with Crippen molar-refractivity contribution in [2.75, 3.05) is 17.7 Å². The summed E-state index contributed by atoms with van der Waals surface area (Å²) >= 11 is 9.31. The van der Waals surface area contributed by atoms with Gasteiger partial charge in [0.15, 0.2) is 0 Å². The summed E-state index contributed by atoms with van der Waals surface area (Å²) in [4.78, 5) is 43.7. The van der Waals surface area contributed by atoms with Gasteiger partial charge in [0.05, 0.1) is 4.53 Å². The molecular formula is C44H33N3O4S4. The molecule has 5 aromatic carbocycles. The Morgan fingerprint density at radius 2 is 1.40 bits per heavy atom. The number of amides is 1. The van der Waals surface area contributed by atoms with E-state index in [1.54, 1.807) is 17.8 Å². The van der Waals surface area contributed by atoms with Gasteiger partial charge < -0.3 is 10.0 Å². The zero-order chi connectivity index (χ0) is 38.2. The number of hydrogen-bond donors (Lipinski definition) is 1. The molecule has 1 aliphatic heterocycles. The smallest absolute Gasteiger partial charge is 0.323 e. The van der Waals surface area contributed by atoms with E-state index < -0.39 is 18.1 Å². The number of anilines is 3. The zero-order valence-electron chi connectivity index (χ0n) is 29.8. The van der Waals surface area contributed by atoms with Crippen LogP contribution in [0.25, 0.3) is 33.8 Å². The second-order valence-electron chi connectivity index (χ2n) is 12.8. The van der Waals surface area contributed by atoms with Crippen LogP contribution in [-0.4, -0.2) is 43.6 Å². The molecule has 272 valence electrons. The van der Waals surface area contributed by atoms with Gasteiger partial charge in [-0.15, -0.1) is 23.1 Å². The minimum Gasteiger partial charge on any atom is -0.480 e. The third-order valence-electron chi connectivity index (χ3n) is 9.51. The number of aromatic nitrogens is 1. The molecule has 0 atom stereocenters. The van der Waals surface area contributed by atoms with Crippen LogP contribution in [0.4, 0.5) is 17.1 Å². The molecule has 2 aliphatic rings. The van der Waals surface area contributed by atoms with E-state index >= 15 is 0 Å². The van der Waals surface area contributed by atoms with E-state index in [2.05, 4.69) is 96.1 Å². The zero-order valence-corrected chi connectivity index (χ0v) is 33.0. The van der Waals surface area contributed by atoms with E-state index in [-0.39, 0.29) is 10.8 Å². The summed E-state index contributed by atoms with van der Waals surface area (Å²) in [5, 5.41) is 9.63. The molecule has 0 bridgehead atoms. The molecule has 7 nitrogen and oxygen atoms in total. The Morgan fingerprint density at radius 3 is 2.07 bits per heavy atom. The first-order chi connectivity index (χ1) is 26.7. The van der Waals surface area contributed by atoms with Gasteiger partial charge in [0, 0.05) is 28.5 Å². The van der Waals surface area contributed by atoms with E-state index in [1.165, 1.54) is 32.1 Å². The quantitative estimate of drug-likeness (QED) is 0.115. The van der Waals surface area contributed by atoms with Crippen LogP contribution in [0.15, 0.2) is 131 Å². The Kier molecular flexibility index (Phi) is 10.2. The standard InChI is InChI=1S/C44H33N3O4S4/c1-3-45-42(51)40(55-44(45)52)43-46(26-39(48)49)41(50)38(54-43)24-28-13-17-30(18-14-28)47(29-9-5-4-6-10-29)31-19-22-35-33-11-7-8-12-34(33)36(37(35)25-31)23-27-15-20-32(53-2)21-16-27/h4-25H,3,26H2,1-2H3,(H,48,49)/b36-23+,38-24-,43-40+. The maximum absolute atomic E-state index is 13.6. The van der Waals surface area contributed by atoms with Crippen LogP contribution >= 0.6 is 47.1 Å². The van der Waals surface area contributed by atoms with Crippen LogP contribution < -0.4 is 19.7 Å². The summed E-state index contributed by atoms with van der Waals surface area (Å²) in [5.41, 5.74) is 10.3. The van der Waals surface area contributed by atoms with Crippen LogP contribution in [0.1, 0.15) is 29.2 Å². The largest absolute Gasteiger partial charge is 0.480 e. The lowest BCUT2D eigenvalue weighted by molar-refractivity contribution is -0.137. The highest BCUT2D eigenvalue weighted by Crippen LogP contribution is 2.47. The van der Waals surface area contributed by atoms with E-state index in [4.69, 9.17) is 12.2 Å². The minimum absolute atomic E-state index is 0.271. The van der Waals surface area contributed by atoms with E-state index in [9.17, 15) is 19.5 Å². The van der Waals surface area contributed by atoms with Crippen molar-refractivity contribution >= 4 is 103 Å². The lowest BCUT2D eigenvalue weighted by Gasteiger charge is -2.26. The fourth-order valence-corrected chi connectivity index (χ4v) is 9.96. The van der Waals surface area contributed by atoms with Gasteiger partial charge in [-0.25, -0.2) is 0 Å². The monoisotopic (exact) mass is 795 g/mol. The molecule has 8 rings (SSSR count). The summed E-state index contributed by atoms with van der Waals surface area (Å²) in [6.45, 7) is 1.64. The molecule has 0 radical (unpaired) electrons. The molecule has 2 heterocycles. The molecule has 1 aliphatic carbocycles. The number of fused-ring (bicyclic) bond motifs is 3. The van der Waals surface area contributed by atoms with Crippen molar-refractivity contribution in [1.29, 1.82) is 0 Å². The van der Waals surface area contributed by atoms with Gasteiger partial charge in [-0.05, 0) is 113 Å². The molecule has 55 heavy (non-hydrogen) atoms. The van der Waals surface area contributed by atoms with Crippen molar-refractivity contribution in [3.05, 3.63) is 163 Å². The fraction of sp³-hybridized carbons (Fsp3) is 0.0909. The molecular weight excluding hydrogens is 763 g/mol. The first-order valence-corrected chi connectivity index (χ1v) is 20.8. The number of carbonyl (C=O) groups is 2. The predicted octanol–water partition coefficient (Wildman–Crippen LogP) is 8.57. The summed E-state index contributed by atoms with van der Waals surface area (Å²) in [6.07, 6.45) is 6.09. The Labute approximate surface area is 335 Å². The van der Waals surface area contributed by atoms with E-state index in [0.29, 0.717) is 20.1 Å². The number of carbonyl (C=O) groups excluding carboxylic acids is 1. The van der Waals surface area contributed by atoms with Crippen molar-refractivity contribution < 1.29 is 14.7 Å². The minimum atomic E-state index is -1.17. The number of hydrogen-bond acceptors (Lipinski definition) is 8. The highest BCUT2D eigenvalue weighted by atomic mass is 32.2. The molecule has 1 fully saturated rings. The van der Waals surface area contributed by atoms with Crippen LogP contribution in [0.5, 0.6) is 0 Å². The fourth-order valence-electron chi connectivity index (χ4n) is 6.91. The second-order valence-corrected chi connectivity index (χ2v) is 16.4. The Morgan fingerprint density at radius 1 is 0.782 bits per heavy atom. The Hall–Kier alpha value is -5.46. The van der Waals surface area contributed by atoms with Crippen LogP contribution in [0.3, 0.4) is 0 Å². The molecule has 0 unspecified atom stereocenters. The van der Waals surface area contributed by atoms with Crippen LogP contribution in [0.2, 0.25) is 0 Å². The molecule has 6 aromatic rings. The molecule has 1 amide bonds. The third-order valence-corrected chi connectivity index (χ3v) is 13.0. The molecule has 1 N–H and O–H groups in total. The summed E-state index contributed by atoms with van der Waals surface area (Å²) < 4.78 is 2.16. The van der Waals surface area contributed by atoms with Crippen molar-refractivity contribution in [3.8, 4) is 11.1 Å². The van der Waals surface area contributed by atoms with Gasteiger partial charge >= 0.3 is 5.97 Å². The lowest BCUT2D eigenvalue weighted by Crippen LogP contribution is -2.35. The van der Waals surface area contributed by atoms with Gasteiger partial charge in [0.1, 0.15) is 20.4 Å². The van der Waals surface area contributed by atoms with Gasteiger partial charge in [-0.2, -0.15) is 0 Å². The van der Waals surface area contributed by atoms with Gasteiger partial charge in [0.25, 0.3) is 11.5 Å². The second kappa shape index (κ2) is 15.3. The molecule has 0 spiro atoms. The number of para-hydroxylation sites is 1. The number of carboxylic acids is 1. The van der Waals surface area contributed by atoms with Gasteiger partial charge in [-0.1, -0.05) is 96.8 Å². The van der Waals surface area contributed by atoms with E-state index in [1.807, 2.05) is 49.4 Å². The average Bonchev–Trinajstić information content (AvgIpc) is 3.79. The number of benzene rings is 5. The molecule has 1 saturated heterocycles. The first-order valence-electron chi connectivity index (χ1n) is 17.5. The van der Waals surface area contributed by atoms with Gasteiger partial charge in [-0.3, -0.25) is 23.9 Å². The Balaban J connectivity index is 1.20. The van der Waals surface area contributed by atoms with Crippen molar-refractivity contribution in [2.45, 2.75) is 18.4 Å². The first kappa shape index (κ1) is 36.5. The molecule has 0 saturated carbocycles. The number of thioether (sulfide) groups is 2. The number of carboxylic acid groups (broad SMARTS) is 1. The highest BCUT2D eigenvalue weighted by molar-refractivity contribution is 8.30. The number of aliphatic carboxylic acids is 1. The van der Waals surface area contributed by atoms with Gasteiger partial charge in [0.2, 0.25) is 0 Å². The van der Waals surface area contributed by atoms with Crippen LogP contribution in [0, 0.1) is 0 Å². The number of nitrogens with zero attached hydrogens (tertiary/aromatic N) is 3. The topological polar surface area (TPSA) is 82.9 Å². The SMILES string of the molecule is CCN1C(=O)/C(=c2\s/c(=C\c3ccc(N(c4ccccc4)c4ccc5c(c4)/C(=C/c4ccc(SC)cc4)c4ccccc4-5)cc3)c(=O)n2CC(=O)O)SC1=S. The normalized spacial score (nSPS) is 15.5. The molecule has 11 heteroatoms. The molecule has 1 aromatic heterocycles. The van der Waals surface area contributed by atoms with Crippen LogP contribution in [-0.2, 0) is 16.1 Å². The highest BCUT2D eigenvalue weighted by Gasteiger charge is 2.33. The lowest BCUT2D eigenvalue weighted by atomic mass is 10.00. The average molecular weight is 796 g/mol. The number of rotatable bonds is 9. The third kappa shape index (κ3) is 7.00. The summed E-state index contributed by atoms with van der Waals surface area (Å²) in [6, 6.07) is 41.9. The van der Waals surface area contributed by atoms with Crippen molar-refractivity contribution in [3.63, 3.8) is 0 Å². The van der Waals surface area contributed by atoms with Crippen molar-refractivity contribution in [1.82, 2.24) is 9.47 Å². The van der Waals surface area contributed by atoms with Crippen molar-refractivity contribution in [2.24, 2.45) is 0 Å². The predicted molar refractivity (Wildman–Crippen MR) is 232 cm³/mol. The number of thiazole rings is 1. The maximum atomic E-state index is 13.6. The maximum Gasteiger partial charge on any atom is 0.323 e.